The summed E-state index contributed by atoms with van der Waals surface area (Å²) in [5, 5.41) is 4.17. The molecule has 1 amide bonds. The predicted molar refractivity (Wildman–Crippen MR) is 117 cm³/mol. The van der Waals surface area contributed by atoms with E-state index in [1.165, 1.54) is 5.56 Å². The van der Waals surface area contributed by atoms with Crippen LogP contribution in [0.1, 0.15) is 61.0 Å². The Labute approximate surface area is 183 Å². The zero-order valence-corrected chi connectivity index (χ0v) is 17.8. The van der Waals surface area contributed by atoms with Crippen LogP contribution in [0.3, 0.4) is 0 Å². The standard InChI is InChI=1S/C25H29N3O3/c29-24(16-9-14-20-10-3-1-4-11-20)28-17-8-7-15-22(28)25-26-23(31-27-25)19-30-18-21-12-5-2-6-13-21/h1-6,10-13,22H,7-9,14-19H2. The van der Waals surface area contributed by atoms with Crippen LogP contribution >= 0.6 is 0 Å². The molecule has 162 valence electrons. The first kappa shape index (κ1) is 21.2. The lowest BCUT2D eigenvalue weighted by Crippen LogP contribution is -2.39. The molecule has 0 N–H and O–H groups in total. The Hall–Kier alpha value is -2.99. The summed E-state index contributed by atoms with van der Waals surface area (Å²) < 4.78 is 11.1. The topological polar surface area (TPSA) is 68.5 Å². The summed E-state index contributed by atoms with van der Waals surface area (Å²) in [4.78, 5) is 19.4. The van der Waals surface area contributed by atoms with E-state index in [2.05, 4.69) is 22.3 Å². The number of aryl methyl sites for hydroxylation is 1. The highest BCUT2D eigenvalue weighted by molar-refractivity contribution is 5.76. The van der Waals surface area contributed by atoms with Gasteiger partial charge in [0.2, 0.25) is 5.91 Å². The fourth-order valence-corrected chi connectivity index (χ4v) is 4.02. The van der Waals surface area contributed by atoms with Gasteiger partial charge in [-0.25, -0.2) is 0 Å². The Morgan fingerprint density at radius 3 is 2.52 bits per heavy atom. The number of carbonyl (C=O) groups excluding carboxylic acids is 1. The first-order valence-corrected chi connectivity index (χ1v) is 11.1. The second-order valence-corrected chi connectivity index (χ2v) is 7.96. The number of rotatable bonds is 9. The second-order valence-electron chi connectivity index (χ2n) is 7.96. The van der Waals surface area contributed by atoms with Crippen molar-refractivity contribution in [1.29, 1.82) is 0 Å². The van der Waals surface area contributed by atoms with E-state index in [-0.39, 0.29) is 18.6 Å². The number of ether oxygens (including phenoxy) is 1. The number of amides is 1. The number of aromatic nitrogens is 2. The molecule has 1 aliphatic heterocycles. The van der Waals surface area contributed by atoms with E-state index in [4.69, 9.17) is 9.26 Å². The Bertz CT molecular complexity index is 943. The van der Waals surface area contributed by atoms with Crippen molar-refractivity contribution in [1.82, 2.24) is 15.0 Å². The van der Waals surface area contributed by atoms with Gasteiger partial charge < -0.3 is 14.2 Å². The molecule has 6 heteroatoms. The number of carbonyl (C=O) groups is 1. The summed E-state index contributed by atoms with van der Waals surface area (Å²) in [6, 6.07) is 20.2. The number of nitrogens with zero attached hydrogens (tertiary/aromatic N) is 3. The summed E-state index contributed by atoms with van der Waals surface area (Å²) >= 11 is 0. The van der Waals surface area contributed by atoms with E-state index in [0.717, 1.165) is 44.2 Å². The van der Waals surface area contributed by atoms with Gasteiger partial charge in [0.15, 0.2) is 5.82 Å². The molecule has 1 fully saturated rings. The van der Waals surface area contributed by atoms with E-state index in [1.807, 2.05) is 53.4 Å². The predicted octanol–water partition coefficient (Wildman–Crippen LogP) is 4.86. The molecular weight excluding hydrogens is 390 g/mol. The number of likely N-dealkylation sites (tertiary alicyclic amines) is 1. The Balaban J connectivity index is 1.30. The van der Waals surface area contributed by atoms with Gasteiger partial charge in [-0.2, -0.15) is 4.98 Å². The Morgan fingerprint density at radius 2 is 1.74 bits per heavy atom. The van der Waals surface area contributed by atoms with Crippen LogP contribution in [-0.2, 0) is 29.2 Å². The van der Waals surface area contributed by atoms with Crippen LogP contribution in [-0.4, -0.2) is 27.5 Å². The number of piperidine rings is 1. The van der Waals surface area contributed by atoms with Crippen LogP contribution < -0.4 is 0 Å². The van der Waals surface area contributed by atoms with Gasteiger partial charge in [-0.1, -0.05) is 65.8 Å². The van der Waals surface area contributed by atoms with Gasteiger partial charge >= 0.3 is 0 Å². The zero-order valence-electron chi connectivity index (χ0n) is 17.8. The quantitative estimate of drug-likeness (QED) is 0.495. The number of hydrogen-bond acceptors (Lipinski definition) is 5. The fourth-order valence-electron chi connectivity index (χ4n) is 4.02. The highest BCUT2D eigenvalue weighted by Crippen LogP contribution is 2.30. The van der Waals surface area contributed by atoms with E-state index < -0.39 is 0 Å². The molecule has 0 bridgehead atoms. The molecule has 2 heterocycles. The highest BCUT2D eigenvalue weighted by atomic mass is 16.5. The van der Waals surface area contributed by atoms with E-state index in [9.17, 15) is 4.79 Å². The highest BCUT2D eigenvalue weighted by Gasteiger charge is 2.31. The molecule has 1 aliphatic rings. The second kappa shape index (κ2) is 10.9. The summed E-state index contributed by atoms with van der Waals surface area (Å²) in [7, 11) is 0. The third-order valence-electron chi connectivity index (χ3n) is 5.64. The fraction of sp³-hybridized carbons (Fsp3) is 0.400. The van der Waals surface area contributed by atoms with Crippen molar-refractivity contribution in [3.05, 3.63) is 83.5 Å². The molecule has 0 aliphatic carbocycles. The summed E-state index contributed by atoms with van der Waals surface area (Å²) in [5.41, 5.74) is 2.37. The van der Waals surface area contributed by atoms with Crippen LogP contribution in [0.15, 0.2) is 65.2 Å². The molecular formula is C25H29N3O3. The van der Waals surface area contributed by atoms with Gasteiger partial charge in [0, 0.05) is 13.0 Å². The largest absolute Gasteiger partial charge is 0.367 e. The van der Waals surface area contributed by atoms with Crippen molar-refractivity contribution in [3.63, 3.8) is 0 Å². The molecule has 1 aromatic heterocycles. The smallest absolute Gasteiger partial charge is 0.252 e. The van der Waals surface area contributed by atoms with Gasteiger partial charge in [-0.15, -0.1) is 0 Å². The van der Waals surface area contributed by atoms with Crippen LogP contribution in [0, 0.1) is 0 Å². The van der Waals surface area contributed by atoms with Gasteiger partial charge in [-0.3, -0.25) is 4.79 Å². The van der Waals surface area contributed by atoms with Crippen molar-refractivity contribution < 1.29 is 14.1 Å². The first-order chi connectivity index (χ1) is 15.3. The van der Waals surface area contributed by atoms with E-state index in [0.29, 0.717) is 24.7 Å². The Kier molecular flexibility index (Phi) is 7.45. The van der Waals surface area contributed by atoms with Crippen LogP contribution in [0.25, 0.3) is 0 Å². The molecule has 2 aromatic carbocycles. The lowest BCUT2D eigenvalue weighted by Gasteiger charge is -2.34. The normalized spacial score (nSPS) is 16.4. The lowest BCUT2D eigenvalue weighted by atomic mass is 10.00. The van der Waals surface area contributed by atoms with Crippen LogP contribution in [0.2, 0.25) is 0 Å². The van der Waals surface area contributed by atoms with Crippen molar-refractivity contribution >= 4 is 5.91 Å². The van der Waals surface area contributed by atoms with E-state index >= 15 is 0 Å². The maximum Gasteiger partial charge on any atom is 0.252 e. The number of hydrogen-bond donors (Lipinski definition) is 0. The average molecular weight is 420 g/mol. The van der Waals surface area contributed by atoms with E-state index in [1.54, 1.807) is 0 Å². The minimum absolute atomic E-state index is 0.107. The molecule has 1 saturated heterocycles. The van der Waals surface area contributed by atoms with Crippen LogP contribution in [0.5, 0.6) is 0 Å². The van der Waals surface area contributed by atoms with Crippen molar-refractivity contribution in [3.8, 4) is 0 Å². The zero-order chi connectivity index (χ0) is 21.3. The third kappa shape index (κ3) is 6.01. The maximum absolute atomic E-state index is 12.9. The Morgan fingerprint density at radius 1 is 1.00 bits per heavy atom. The van der Waals surface area contributed by atoms with Crippen LogP contribution in [0.4, 0.5) is 0 Å². The van der Waals surface area contributed by atoms with Gasteiger partial charge in [0.1, 0.15) is 6.61 Å². The van der Waals surface area contributed by atoms with Gasteiger partial charge in [0.05, 0.1) is 12.6 Å². The average Bonchev–Trinajstić information content (AvgIpc) is 3.29. The lowest BCUT2D eigenvalue weighted by molar-refractivity contribution is -0.135. The van der Waals surface area contributed by atoms with Crippen molar-refractivity contribution in [2.45, 2.75) is 57.8 Å². The van der Waals surface area contributed by atoms with Crippen molar-refractivity contribution in [2.75, 3.05) is 6.54 Å². The molecule has 1 atom stereocenters. The molecule has 0 saturated carbocycles. The number of benzene rings is 2. The molecule has 0 radical (unpaired) electrons. The third-order valence-corrected chi connectivity index (χ3v) is 5.64. The molecule has 31 heavy (non-hydrogen) atoms. The summed E-state index contributed by atoms with van der Waals surface area (Å²) in [6.45, 7) is 1.51. The summed E-state index contributed by atoms with van der Waals surface area (Å²) in [6.07, 6.45) is 5.25. The van der Waals surface area contributed by atoms with Crippen molar-refractivity contribution in [2.24, 2.45) is 0 Å². The first-order valence-electron chi connectivity index (χ1n) is 11.1. The maximum atomic E-state index is 12.9. The van der Waals surface area contributed by atoms with Gasteiger partial charge in [-0.05, 0) is 43.2 Å². The molecule has 6 nitrogen and oxygen atoms in total. The summed E-state index contributed by atoms with van der Waals surface area (Å²) in [5.74, 6) is 1.22. The minimum Gasteiger partial charge on any atom is -0.367 e. The molecule has 1 unspecified atom stereocenters. The van der Waals surface area contributed by atoms with Gasteiger partial charge in [0.25, 0.3) is 5.89 Å². The molecule has 0 spiro atoms. The monoisotopic (exact) mass is 419 g/mol. The SMILES string of the molecule is O=C(CCCc1ccccc1)N1CCCCC1c1noc(COCc2ccccc2)n1. The molecule has 3 aromatic rings. The molecule has 4 rings (SSSR count). The minimum atomic E-state index is -0.107.